The molecular weight excluding hydrogens is 386 g/mol. The maximum atomic E-state index is 2.47. The van der Waals surface area contributed by atoms with Gasteiger partial charge in [0.15, 0.2) is 0 Å². The van der Waals surface area contributed by atoms with Crippen molar-refractivity contribution in [3.8, 4) is 0 Å². The zero-order valence-corrected chi connectivity index (χ0v) is 18.2. The molecule has 2 aromatic rings. The van der Waals surface area contributed by atoms with Gasteiger partial charge in [-0.15, -0.1) is 24.8 Å². The Morgan fingerprint density at radius 2 is 0.895 bits per heavy atom. The molecule has 19 heavy (non-hydrogen) atoms. The molecule has 5 heteroatoms. The Kier molecular flexibility index (Phi) is 24.1. The first kappa shape index (κ1) is 24.6. The van der Waals surface area contributed by atoms with E-state index in [-0.39, 0.29) is 56.1 Å². The number of hydrogen-bond donors (Lipinski definition) is 0. The molecule has 108 valence electrons. The third kappa shape index (κ3) is 24.0. The molecule has 0 aromatic heterocycles. The first-order valence-electron chi connectivity index (χ1n) is 5.83. The van der Waals surface area contributed by atoms with E-state index in [0.717, 1.165) is 0 Å². The predicted octanol–water partition coefficient (Wildman–Crippen LogP) is 5.23. The van der Waals surface area contributed by atoms with Crippen molar-refractivity contribution in [3.63, 3.8) is 0 Å². The summed E-state index contributed by atoms with van der Waals surface area (Å²) in [4.78, 5) is 0. The molecule has 0 spiro atoms. The molecule has 0 heterocycles. The van der Waals surface area contributed by atoms with Crippen LogP contribution >= 0.6 is 24.8 Å². The fraction of sp³-hybridized carbons (Fsp3) is 0.286. The summed E-state index contributed by atoms with van der Waals surface area (Å²) in [5, 5.41) is 0. The van der Waals surface area contributed by atoms with Gasteiger partial charge in [-0.05, 0) is 0 Å². The summed E-state index contributed by atoms with van der Waals surface area (Å²) in [7, 11) is 0. The van der Waals surface area contributed by atoms with Crippen molar-refractivity contribution in [3.05, 3.63) is 60.7 Å². The topological polar surface area (TPSA) is 0 Å². The maximum Gasteiger partial charge on any atom is -0.147 e. The van der Waals surface area contributed by atoms with Crippen LogP contribution in [-0.4, -0.2) is 10.9 Å². The van der Waals surface area contributed by atoms with Crippen LogP contribution in [0.4, 0.5) is 0 Å². The molecule has 2 rings (SSSR count). The molecule has 0 radical (unpaired) electrons. The first-order valence-corrected chi connectivity index (χ1v) is 18.2. The van der Waals surface area contributed by atoms with Crippen molar-refractivity contribution in [2.24, 2.45) is 0 Å². The third-order valence-corrected chi connectivity index (χ3v) is 27.7. The van der Waals surface area contributed by atoms with Gasteiger partial charge >= 0.3 is 57.5 Å². The standard InChI is InChI=1S/2C5H5.2C2H6Si.2ClH.Zr/c2*1-2-4-5-3-1;2*1-3-2;;;/h2*1-5H;2*1-2H3;2*1H;/q2*-1;;;;;. The van der Waals surface area contributed by atoms with Crippen molar-refractivity contribution in [1.82, 2.24) is 0 Å². The first-order chi connectivity index (χ1) is 8.13. The molecule has 0 fully saturated rings. The van der Waals surface area contributed by atoms with Gasteiger partial charge in [-0.3, -0.25) is 0 Å². The predicted molar refractivity (Wildman–Crippen MR) is 93.5 cm³/mol. The molecule has 0 aliphatic carbocycles. The van der Waals surface area contributed by atoms with E-state index < -0.39 is 0 Å². The Balaban J connectivity index is -0.000000194. The summed E-state index contributed by atoms with van der Waals surface area (Å²) < 4.78 is 0. The van der Waals surface area contributed by atoms with Gasteiger partial charge in [-0.25, -0.2) is 24.3 Å². The summed E-state index contributed by atoms with van der Waals surface area (Å²) in [5.41, 5.74) is 0.562. The minimum Gasteiger partial charge on any atom is -0.214 e. The van der Waals surface area contributed by atoms with Gasteiger partial charge in [0.1, 0.15) is 0 Å². The van der Waals surface area contributed by atoms with Gasteiger partial charge in [0.2, 0.25) is 0 Å². The zero-order valence-electron chi connectivity index (χ0n) is 12.1. The minimum atomic E-state index is 0. The van der Waals surface area contributed by atoms with Gasteiger partial charge < -0.3 is 0 Å². The van der Waals surface area contributed by atoms with Crippen LogP contribution in [0.15, 0.2) is 60.7 Å². The Hall–Kier alpha value is 0.597. The largest absolute Gasteiger partial charge is 0.214 e. The summed E-state index contributed by atoms with van der Waals surface area (Å²) in [6, 6.07) is 20.0. The quantitative estimate of drug-likeness (QED) is 0.412. The van der Waals surface area contributed by atoms with E-state index in [9.17, 15) is 0 Å². The maximum absolute atomic E-state index is 2.47. The monoisotopic (exact) mass is 408 g/mol. The second-order valence-electron chi connectivity index (χ2n) is 4.05. The van der Waals surface area contributed by atoms with Crippen LogP contribution in [0.5, 0.6) is 0 Å². The molecular formula is C14H24Cl2Si2Zr-2. The SMILES string of the molecule is C[Si](C)=[Zr]=[Si](C)C.Cl.Cl.c1cc[cH-]c1.c1cc[cH-]c1. The molecule has 0 unspecified atom stereocenters. The number of rotatable bonds is 0. The molecule has 0 atom stereocenters. The van der Waals surface area contributed by atoms with Crippen LogP contribution in [0.25, 0.3) is 0 Å². The third-order valence-electron chi connectivity index (χ3n) is 1.61. The van der Waals surface area contributed by atoms with E-state index >= 15 is 0 Å². The van der Waals surface area contributed by atoms with Crippen LogP contribution in [-0.2, 0) is 20.5 Å². The Labute approximate surface area is 142 Å². The number of halogens is 2. The van der Waals surface area contributed by atoms with Crippen LogP contribution in [0.1, 0.15) is 0 Å². The minimum absolute atomic E-state index is 0. The van der Waals surface area contributed by atoms with Crippen LogP contribution in [0.3, 0.4) is 0 Å². The van der Waals surface area contributed by atoms with E-state index in [1.165, 1.54) is 0 Å². The van der Waals surface area contributed by atoms with Crippen molar-refractivity contribution in [2.75, 3.05) is 0 Å². The van der Waals surface area contributed by atoms with Crippen molar-refractivity contribution in [2.45, 2.75) is 26.2 Å². The van der Waals surface area contributed by atoms with Gasteiger partial charge in [0.25, 0.3) is 0 Å². The molecule has 0 N–H and O–H groups in total. The summed E-state index contributed by atoms with van der Waals surface area (Å²) in [6.45, 7) is 9.87. The van der Waals surface area contributed by atoms with E-state index in [1.54, 1.807) is 0 Å². The molecule has 0 saturated heterocycles. The van der Waals surface area contributed by atoms with E-state index in [0.29, 0.717) is 0 Å². The van der Waals surface area contributed by atoms with Gasteiger partial charge in [0.05, 0.1) is 0 Å². The summed E-state index contributed by atoms with van der Waals surface area (Å²) >= 11 is 0.243. The van der Waals surface area contributed by atoms with Crippen molar-refractivity contribution >= 4 is 35.7 Å². The van der Waals surface area contributed by atoms with E-state index in [4.69, 9.17) is 0 Å². The van der Waals surface area contributed by atoms with E-state index in [1.807, 2.05) is 60.7 Å². The average Bonchev–Trinajstić information content (AvgIpc) is 2.96. The Morgan fingerprint density at radius 3 is 0.947 bits per heavy atom. The van der Waals surface area contributed by atoms with Gasteiger partial charge in [-0.1, -0.05) is 0 Å². The van der Waals surface area contributed by atoms with Gasteiger partial charge in [-0.2, -0.15) is 36.4 Å². The fourth-order valence-corrected chi connectivity index (χ4v) is 27.3. The molecule has 2 aromatic carbocycles. The second-order valence-corrected chi connectivity index (χ2v) is 29.3. The van der Waals surface area contributed by atoms with Crippen LogP contribution < -0.4 is 0 Å². The van der Waals surface area contributed by atoms with Gasteiger partial charge in [0, 0.05) is 0 Å². The fourth-order valence-electron chi connectivity index (χ4n) is 1.14. The zero-order chi connectivity index (χ0) is 12.9. The summed E-state index contributed by atoms with van der Waals surface area (Å²) in [5.74, 6) is 0. The molecule has 0 nitrogen and oxygen atoms in total. The second kappa shape index (κ2) is 18.6. The molecule has 0 aliphatic rings. The van der Waals surface area contributed by atoms with Crippen molar-refractivity contribution < 1.29 is 20.5 Å². The smallest absolute Gasteiger partial charge is 0.147 e. The number of hydrogen-bond acceptors (Lipinski definition) is 0. The van der Waals surface area contributed by atoms with Crippen LogP contribution in [0.2, 0.25) is 26.2 Å². The molecule has 0 aliphatic heterocycles. The van der Waals surface area contributed by atoms with Crippen LogP contribution in [0, 0.1) is 0 Å². The van der Waals surface area contributed by atoms with E-state index in [2.05, 4.69) is 26.2 Å². The molecule has 0 bridgehead atoms. The molecule has 0 saturated carbocycles. The average molecular weight is 411 g/mol. The Morgan fingerprint density at radius 1 is 0.632 bits per heavy atom. The molecule has 0 amide bonds. The summed E-state index contributed by atoms with van der Waals surface area (Å²) in [6.07, 6.45) is 0. The van der Waals surface area contributed by atoms with Crippen molar-refractivity contribution in [1.29, 1.82) is 0 Å². The Bertz CT molecular complexity index is 336. The normalized spacial score (nSPS) is 6.95.